The van der Waals surface area contributed by atoms with E-state index in [1.165, 1.54) is 11.3 Å². The second-order valence-electron chi connectivity index (χ2n) is 7.54. The van der Waals surface area contributed by atoms with Crippen LogP contribution in [0.15, 0.2) is 18.2 Å². The van der Waals surface area contributed by atoms with E-state index < -0.39 is 0 Å². The van der Waals surface area contributed by atoms with Crippen molar-refractivity contribution >= 4 is 16.9 Å². The zero-order valence-corrected chi connectivity index (χ0v) is 16.3. The summed E-state index contributed by atoms with van der Waals surface area (Å²) in [6.07, 6.45) is 0.859. The number of aromatic nitrogens is 1. The standard InChI is InChI=1S/C20H29N5O2/c1-23-9-11-24(12-10-23)8-6-21-20(26)25-7-5-19-17(14-25)16-13-15(27-2)3-4-18(16)22-19/h3-4,13,22H,5-12,14H2,1-2H3,(H,21,26). The molecule has 2 aliphatic heterocycles. The van der Waals surface area contributed by atoms with Gasteiger partial charge < -0.3 is 24.8 Å². The van der Waals surface area contributed by atoms with Crippen LogP contribution >= 0.6 is 0 Å². The molecule has 1 aromatic heterocycles. The smallest absolute Gasteiger partial charge is 0.317 e. The van der Waals surface area contributed by atoms with Gasteiger partial charge >= 0.3 is 6.03 Å². The Kier molecular flexibility index (Phi) is 5.22. The van der Waals surface area contributed by atoms with Gasteiger partial charge in [0, 0.05) is 80.9 Å². The number of urea groups is 1. The lowest BCUT2D eigenvalue weighted by Crippen LogP contribution is -2.48. The number of fused-ring (bicyclic) bond motifs is 3. The van der Waals surface area contributed by atoms with Crippen LogP contribution in [0, 0.1) is 0 Å². The first-order valence-corrected chi connectivity index (χ1v) is 9.75. The molecule has 27 heavy (non-hydrogen) atoms. The molecule has 4 rings (SSSR count). The summed E-state index contributed by atoms with van der Waals surface area (Å²) in [4.78, 5) is 22.8. The number of nitrogens with one attached hydrogen (secondary N) is 2. The third-order valence-electron chi connectivity index (χ3n) is 5.77. The fraction of sp³-hybridized carbons (Fsp3) is 0.550. The quantitative estimate of drug-likeness (QED) is 0.855. The van der Waals surface area contributed by atoms with Gasteiger partial charge in [-0.25, -0.2) is 4.79 Å². The molecule has 0 aliphatic carbocycles. The van der Waals surface area contributed by atoms with Crippen LogP contribution in [0.2, 0.25) is 0 Å². The number of hydrogen-bond acceptors (Lipinski definition) is 4. The van der Waals surface area contributed by atoms with Gasteiger partial charge in [0.2, 0.25) is 0 Å². The van der Waals surface area contributed by atoms with Crippen LogP contribution in [-0.4, -0.2) is 85.7 Å². The van der Waals surface area contributed by atoms with E-state index in [0.29, 0.717) is 13.1 Å². The Morgan fingerprint density at radius 3 is 2.81 bits per heavy atom. The molecule has 2 amide bonds. The van der Waals surface area contributed by atoms with Gasteiger partial charge in [-0.1, -0.05) is 0 Å². The van der Waals surface area contributed by atoms with Gasteiger partial charge in [0.15, 0.2) is 0 Å². The van der Waals surface area contributed by atoms with Crippen molar-refractivity contribution in [1.29, 1.82) is 0 Å². The van der Waals surface area contributed by atoms with Gasteiger partial charge in [-0.2, -0.15) is 0 Å². The van der Waals surface area contributed by atoms with Crippen LogP contribution in [0.3, 0.4) is 0 Å². The van der Waals surface area contributed by atoms with Crippen molar-refractivity contribution in [2.75, 3.05) is 60.0 Å². The number of rotatable bonds is 4. The molecule has 0 saturated carbocycles. The first-order chi connectivity index (χ1) is 13.1. The van der Waals surface area contributed by atoms with Crippen molar-refractivity contribution in [3.8, 4) is 5.75 Å². The summed E-state index contributed by atoms with van der Waals surface area (Å²) in [6, 6.07) is 6.10. The van der Waals surface area contributed by atoms with Crippen molar-refractivity contribution in [3.63, 3.8) is 0 Å². The van der Waals surface area contributed by atoms with Crippen LogP contribution in [0.1, 0.15) is 11.3 Å². The van der Waals surface area contributed by atoms with Gasteiger partial charge in [-0.05, 0) is 25.2 Å². The second kappa shape index (κ2) is 7.78. The van der Waals surface area contributed by atoms with Gasteiger partial charge in [0.1, 0.15) is 5.75 Å². The Bertz CT molecular complexity index is 810. The molecule has 0 radical (unpaired) electrons. The van der Waals surface area contributed by atoms with E-state index in [0.717, 1.165) is 62.3 Å². The zero-order chi connectivity index (χ0) is 18.8. The normalized spacial score (nSPS) is 18.5. The Hall–Kier alpha value is -2.25. The third-order valence-corrected chi connectivity index (χ3v) is 5.77. The molecule has 1 saturated heterocycles. The lowest BCUT2D eigenvalue weighted by molar-refractivity contribution is 0.152. The Morgan fingerprint density at radius 2 is 2.04 bits per heavy atom. The number of carbonyl (C=O) groups is 1. The third kappa shape index (κ3) is 3.89. The molecule has 0 bridgehead atoms. The van der Waals surface area contributed by atoms with Gasteiger partial charge in [-0.15, -0.1) is 0 Å². The molecule has 2 aromatic rings. The number of carbonyl (C=O) groups excluding carboxylic acids is 1. The predicted octanol–water partition coefficient (Wildman–Crippen LogP) is 1.49. The molecule has 2 N–H and O–H groups in total. The van der Waals surface area contributed by atoms with Gasteiger partial charge in [0.25, 0.3) is 0 Å². The molecular formula is C20H29N5O2. The van der Waals surface area contributed by atoms with Crippen LogP contribution in [-0.2, 0) is 13.0 Å². The number of H-pyrrole nitrogens is 1. The molecular weight excluding hydrogens is 342 g/mol. The van der Waals surface area contributed by atoms with Crippen molar-refractivity contribution in [3.05, 3.63) is 29.5 Å². The average molecular weight is 371 g/mol. The van der Waals surface area contributed by atoms with Crippen LogP contribution in [0.4, 0.5) is 4.79 Å². The number of piperazine rings is 1. The summed E-state index contributed by atoms with van der Waals surface area (Å²) < 4.78 is 5.36. The average Bonchev–Trinajstić information content (AvgIpc) is 3.06. The number of hydrogen-bond donors (Lipinski definition) is 2. The van der Waals surface area contributed by atoms with Crippen molar-refractivity contribution < 1.29 is 9.53 Å². The Morgan fingerprint density at radius 1 is 1.22 bits per heavy atom. The minimum atomic E-state index is 0.0343. The van der Waals surface area contributed by atoms with Crippen LogP contribution in [0.5, 0.6) is 5.75 Å². The summed E-state index contributed by atoms with van der Waals surface area (Å²) in [5, 5.41) is 4.25. The molecule has 2 aliphatic rings. The SMILES string of the molecule is COc1ccc2[nH]c3c(c2c1)CN(C(=O)NCCN1CCN(C)CC1)CC3. The van der Waals surface area contributed by atoms with E-state index in [1.54, 1.807) is 7.11 Å². The Labute approximate surface area is 160 Å². The summed E-state index contributed by atoms with van der Waals surface area (Å²) in [7, 11) is 3.84. The summed E-state index contributed by atoms with van der Waals surface area (Å²) >= 11 is 0. The lowest BCUT2D eigenvalue weighted by atomic mass is 10.0. The van der Waals surface area contributed by atoms with E-state index >= 15 is 0 Å². The van der Waals surface area contributed by atoms with E-state index in [1.807, 2.05) is 17.0 Å². The highest BCUT2D eigenvalue weighted by molar-refractivity contribution is 5.87. The number of methoxy groups -OCH3 is 1. The fourth-order valence-electron chi connectivity index (χ4n) is 4.00. The largest absolute Gasteiger partial charge is 0.497 e. The van der Waals surface area contributed by atoms with Crippen molar-refractivity contribution in [2.45, 2.75) is 13.0 Å². The molecule has 7 heteroatoms. The predicted molar refractivity (Wildman–Crippen MR) is 106 cm³/mol. The highest BCUT2D eigenvalue weighted by Crippen LogP contribution is 2.30. The summed E-state index contributed by atoms with van der Waals surface area (Å²) in [6.45, 7) is 7.38. The minimum absolute atomic E-state index is 0.0343. The zero-order valence-electron chi connectivity index (χ0n) is 16.3. The number of likely N-dealkylation sites (N-methyl/N-ethyl adjacent to an activating group) is 1. The highest BCUT2D eigenvalue weighted by atomic mass is 16.5. The monoisotopic (exact) mass is 371 g/mol. The Balaban J connectivity index is 1.35. The minimum Gasteiger partial charge on any atom is -0.497 e. The van der Waals surface area contributed by atoms with Crippen molar-refractivity contribution in [1.82, 2.24) is 25.0 Å². The molecule has 0 spiro atoms. The number of aromatic amines is 1. The number of benzene rings is 1. The molecule has 146 valence electrons. The van der Waals surface area contributed by atoms with E-state index in [4.69, 9.17) is 4.74 Å². The second-order valence-corrected chi connectivity index (χ2v) is 7.54. The molecule has 1 fully saturated rings. The van der Waals surface area contributed by atoms with Gasteiger partial charge in [0.05, 0.1) is 7.11 Å². The number of amides is 2. The van der Waals surface area contributed by atoms with Gasteiger partial charge in [-0.3, -0.25) is 4.90 Å². The summed E-state index contributed by atoms with van der Waals surface area (Å²) in [5.41, 5.74) is 3.56. The van der Waals surface area contributed by atoms with E-state index in [2.05, 4.69) is 33.2 Å². The fourth-order valence-corrected chi connectivity index (χ4v) is 4.00. The molecule has 0 atom stereocenters. The topological polar surface area (TPSA) is 63.8 Å². The van der Waals surface area contributed by atoms with E-state index in [-0.39, 0.29) is 6.03 Å². The first-order valence-electron chi connectivity index (χ1n) is 9.75. The molecule has 3 heterocycles. The first kappa shape index (κ1) is 18.1. The lowest BCUT2D eigenvalue weighted by Gasteiger charge is -2.32. The van der Waals surface area contributed by atoms with Crippen molar-refractivity contribution in [2.24, 2.45) is 0 Å². The molecule has 7 nitrogen and oxygen atoms in total. The number of nitrogens with zero attached hydrogens (tertiary/aromatic N) is 3. The highest BCUT2D eigenvalue weighted by Gasteiger charge is 2.24. The molecule has 0 unspecified atom stereocenters. The van der Waals surface area contributed by atoms with Crippen LogP contribution < -0.4 is 10.1 Å². The maximum absolute atomic E-state index is 12.6. The maximum Gasteiger partial charge on any atom is 0.317 e. The van der Waals surface area contributed by atoms with Crippen LogP contribution in [0.25, 0.3) is 10.9 Å². The van der Waals surface area contributed by atoms with E-state index in [9.17, 15) is 4.79 Å². The number of ether oxygens (including phenoxy) is 1. The molecule has 1 aromatic carbocycles. The maximum atomic E-state index is 12.6. The summed E-state index contributed by atoms with van der Waals surface area (Å²) in [5.74, 6) is 0.845.